The van der Waals surface area contributed by atoms with Crippen LogP contribution in [-0.2, 0) is 14.4 Å². The predicted octanol–water partition coefficient (Wildman–Crippen LogP) is 1.41. The van der Waals surface area contributed by atoms with Gasteiger partial charge in [-0.1, -0.05) is 6.58 Å². The Morgan fingerprint density at radius 2 is 1.76 bits per heavy atom. The molecule has 0 radical (unpaired) electrons. The van der Waals surface area contributed by atoms with Gasteiger partial charge in [0.1, 0.15) is 11.9 Å². The SMILES string of the molecule is C=CC(=O)Nc1cc(F)cc(NC(=O)[C@H](C)NC(C)=O)c1. The molecule has 1 aromatic rings. The number of hydrogen-bond acceptors (Lipinski definition) is 3. The first-order valence-electron chi connectivity index (χ1n) is 6.14. The van der Waals surface area contributed by atoms with Crippen molar-refractivity contribution in [1.82, 2.24) is 5.32 Å². The van der Waals surface area contributed by atoms with E-state index < -0.39 is 23.7 Å². The minimum Gasteiger partial charge on any atom is -0.345 e. The second kappa shape index (κ2) is 7.18. The van der Waals surface area contributed by atoms with Crippen LogP contribution in [0.1, 0.15) is 13.8 Å². The van der Waals surface area contributed by atoms with E-state index in [1.807, 2.05) is 0 Å². The molecule has 0 unspecified atom stereocenters. The van der Waals surface area contributed by atoms with Gasteiger partial charge >= 0.3 is 0 Å². The summed E-state index contributed by atoms with van der Waals surface area (Å²) >= 11 is 0. The number of carbonyl (C=O) groups is 3. The number of rotatable bonds is 5. The van der Waals surface area contributed by atoms with E-state index in [0.717, 1.165) is 18.2 Å². The van der Waals surface area contributed by atoms with Crippen molar-refractivity contribution in [3.63, 3.8) is 0 Å². The molecule has 112 valence electrons. The molecule has 0 saturated carbocycles. The number of nitrogens with one attached hydrogen (secondary N) is 3. The number of carbonyl (C=O) groups excluding carboxylic acids is 3. The molecule has 0 saturated heterocycles. The predicted molar refractivity (Wildman–Crippen MR) is 77.1 cm³/mol. The molecule has 0 aromatic heterocycles. The monoisotopic (exact) mass is 293 g/mol. The summed E-state index contributed by atoms with van der Waals surface area (Å²) in [7, 11) is 0. The molecule has 0 fully saturated rings. The van der Waals surface area contributed by atoms with Crippen molar-refractivity contribution in [2.75, 3.05) is 10.6 Å². The van der Waals surface area contributed by atoms with Crippen LogP contribution in [0.25, 0.3) is 0 Å². The Hall–Kier alpha value is -2.70. The molecule has 1 rings (SSSR count). The fourth-order valence-electron chi connectivity index (χ4n) is 1.55. The smallest absolute Gasteiger partial charge is 0.247 e. The van der Waals surface area contributed by atoms with Gasteiger partial charge in [0.2, 0.25) is 17.7 Å². The van der Waals surface area contributed by atoms with Crippen molar-refractivity contribution in [3.8, 4) is 0 Å². The standard InChI is InChI=1S/C14H16FN3O3/c1-4-13(20)17-11-5-10(15)6-12(7-11)18-14(21)8(2)16-9(3)19/h4-8H,1H2,2-3H3,(H,16,19)(H,17,20)(H,18,21)/t8-/m0/s1. The van der Waals surface area contributed by atoms with Crippen LogP contribution in [0.2, 0.25) is 0 Å². The van der Waals surface area contributed by atoms with Crippen molar-refractivity contribution in [2.24, 2.45) is 0 Å². The summed E-state index contributed by atoms with van der Waals surface area (Å²) in [5.74, 6) is -1.98. The van der Waals surface area contributed by atoms with E-state index >= 15 is 0 Å². The fourth-order valence-corrected chi connectivity index (χ4v) is 1.55. The Bertz CT molecular complexity index is 587. The van der Waals surface area contributed by atoms with Gasteiger partial charge in [0.25, 0.3) is 0 Å². The van der Waals surface area contributed by atoms with Gasteiger partial charge < -0.3 is 16.0 Å². The first kappa shape index (κ1) is 16.4. The normalized spacial score (nSPS) is 11.2. The third kappa shape index (κ3) is 5.43. The maximum absolute atomic E-state index is 13.4. The maximum Gasteiger partial charge on any atom is 0.247 e. The lowest BCUT2D eigenvalue weighted by Gasteiger charge is -2.13. The molecule has 0 aliphatic rings. The lowest BCUT2D eigenvalue weighted by Crippen LogP contribution is -2.40. The zero-order valence-corrected chi connectivity index (χ0v) is 11.7. The van der Waals surface area contributed by atoms with Gasteiger partial charge in [-0.2, -0.15) is 0 Å². The van der Waals surface area contributed by atoms with Gasteiger partial charge in [-0.15, -0.1) is 0 Å². The second-order valence-corrected chi connectivity index (χ2v) is 4.33. The van der Waals surface area contributed by atoms with Crippen molar-refractivity contribution in [3.05, 3.63) is 36.7 Å². The van der Waals surface area contributed by atoms with Crippen molar-refractivity contribution in [2.45, 2.75) is 19.9 Å². The van der Waals surface area contributed by atoms with Crippen molar-refractivity contribution >= 4 is 29.1 Å². The summed E-state index contributed by atoms with van der Waals surface area (Å²) in [6.07, 6.45) is 1.04. The number of amides is 3. The van der Waals surface area contributed by atoms with E-state index in [1.54, 1.807) is 0 Å². The zero-order chi connectivity index (χ0) is 16.0. The topological polar surface area (TPSA) is 87.3 Å². The summed E-state index contributed by atoms with van der Waals surface area (Å²) in [4.78, 5) is 33.8. The third-order valence-electron chi connectivity index (χ3n) is 2.43. The molecule has 7 heteroatoms. The molecule has 1 atom stereocenters. The molecule has 6 nitrogen and oxygen atoms in total. The summed E-state index contributed by atoms with van der Waals surface area (Å²) in [6.45, 7) is 6.07. The first-order valence-corrected chi connectivity index (χ1v) is 6.14. The average molecular weight is 293 g/mol. The quantitative estimate of drug-likeness (QED) is 0.717. The van der Waals surface area contributed by atoms with Gasteiger partial charge in [0, 0.05) is 18.3 Å². The highest BCUT2D eigenvalue weighted by atomic mass is 19.1. The van der Waals surface area contributed by atoms with Crippen LogP contribution in [0.3, 0.4) is 0 Å². The van der Waals surface area contributed by atoms with E-state index in [9.17, 15) is 18.8 Å². The highest BCUT2D eigenvalue weighted by molar-refractivity contribution is 6.00. The molecule has 0 spiro atoms. The second-order valence-electron chi connectivity index (χ2n) is 4.33. The lowest BCUT2D eigenvalue weighted by atomic mass is 10.2. The lowest BCUT2D eigenvalue weighted by molar-refractivity contribution is -0.124. The van der Waals surface area contributed by atoms with Crippen LogP contribution >= 0.6 is 0 Å². The minimum atomic E-state index is -0.767. The Labute approximate surface area is 121 Å². The van der Waals surface area contributed by atoms with Gasteiger partial charge in [0.05, 0.1) is 0 Å². The van der Waals surface area contributed by atoms with Crippen LogP contribution in [0.15, 0.2) is 30.9 Å². The molecule has 3 N–H and O–H groups in total. The molecule has 0 bridgehead atoms. The van der Waals surface area contributed by atoms with Gasteiger partial charge in [-0.3, -0.25) is 14.4 Å². The number of halogens is 1. The molecule has 1 aromatic carbocycles. The minimum absolute atomic E-state index is 0.163. The third-order valence-corrected chi connectivity index (χ3v) is 2.43. The number of benzene rings is 1. The Balaban J connectivity index is 2.83. The van der Waals surface area contributed by atoms with E-state index in [1.165, 1.54) is 19.9 Å². The van der Waals surface area contributed by atoms with Crippen molar-refractivity contribution < 1.29 is 18.8 Å². The molecule has 3 amide bonds. The number of hydrogen-bond donors (Lipinski definition) is 3. The molecule has 21 heavy (non-hydrogen) atoms. The summed E-state index contributed by atoms with van der Waals surface area (Å²) < 4.78 is 13.4. The van der Waals surface area contributed by atoms with E-state index in [4.69, 9.17) is 0 Å². The van der Waals surface area contributed by atoms with Crippen LogP contribution in [-0.4, -0.2) is 23.8 Å². The number of anilines is 2. The van der Waals surface area contributed by atoms with Crippen LogP contribution in [0.5, 0.6) is 0 Å². The summed E-state index contributed by atoms with van der Waals surface area (Å²) in [5.41, 5.74) is 0.346. The maximum atomic E-state index is 13.4. The molecule has 0 aliphatic carbocycles. The van der Waals surface area contributed by atoms with Gasteiger partial charge in [0.15, 0.2) is 0 Å². The van der Waals surface area contributed by atoms with Crippen LogP contribution < -0.4 is 16.0 Å². The largest absolute Gasteiger partial charge is 0.345 e. The Morgan fingerprint density at radius 3 is 2.29 bits per heavy atom. The molecular formula is C14H16FN3O3. The highest BCUT2D eigenvalue weighted by Crippen LogP contribution is 2.18. The van der Waals surface area contributed by atoms with E-state index in [-0.39, 0.29) is 17.3 Å². The van der Waals surface area contributed by atoms with E-state index in [0.29, 0.717) is 0 Å². The van der Waals surface area contributed by atoms with Crippen LogP contribution in [0, 0.1) is 5.82 Å². The van der Waals surface area contributed by atoms with Gasteiger partial charge in [-0.25, -0.2) is 4.39 Å². The van der Waals surface area contributed by atoms with E-state index in [2.05, 4.69) is 22.5 Å². The fraction of sp³-hybridized carbons (Fsp3) is 0.214. The highest BCUT2D eigenvalue weighted by Gasteiger charge is 2.14. The van der Waals surface area contributed by atoms with Crippen LogP contribution in [0.4, 0.5) is 15.8 Å². The Morgan fingerprint density at radius 1 is 1.19 bits per heavy atom. The van der Waals surface area contributed by atoms with Gasteiger partial charge in [-0.05, 0) is 31.2 Å². The summed E-state index contributed by atoms with van der Waals surface area (Å²) in [5, 5.41) is 7.24. The molecule has 0 heterocycles. The molecule has 0 aliphatic heterocycles. The Kier molecular flexibility index (Phi) is 5.59. The zero-order valence-electron chi connectivity index (χ0n) is 11.7. The first-order chi connectivity index (χ1) is 9.81. The average Bonchev–Trinajstić information content (AvgIpc) is 2.36. The summed E-state index contributed by atoms with van der Waals surface area (Å²) in [6, 6.07) is 2.83. The van der Waals surface area contributed by atoms with Crippen molar-refractivity contribution in [1.29, 1.82) is 0 Å². The molecular weight excluding hydrogens is 277 g/mol.